The molecule has 9 nitrogen and oxygen atoms in total. The maximum Gasteiger partial charge on any atom is 0.260 e. The number of hydrogen-bond acceptors (Lipinski definition) is 6. The number of amides is 1. The van der Waals surface area contributed by atoms with Crippen molar-refractivity contribution in [3.05, 3.63) is 67.1 Å². The van der Waals surface area contributed by atoms with E-state index >= 15 is 0 Å². The maximum absolute atomic E-state index is 12.9. The van der Waals surface area contributed by atoms with Crippen molar-refractivity contribution in [3.8, 4) is 11.3 Å². The molecule has 1 aliphatic heterocycles. The molecule has 1 aliphatic rings. The minimum absolute atomic E-state index is 0.221. The molecule has 6 rings (SSSR count). The molecule has 0 radical (unpaired) electrons. The van der Waals surface area contributed by atoms with Gasteiger partial charge >= 0.3 is 0 Å². The van der Waals surface area contributed by atoms with Crippen LogP contribution in [-0.2, 0) is 0 Å². The summed E-state index contributed by atoms with van der Waals surface area (Å²) in [5, 5.41) is 10.2. The lowest BCUT2D eigenvalue weighted by Crippen LogP contribution is -2.31. The molecule has 0 aliphatic carbocycles. The Labute approximate surface area is 195 Å². The first-order chi connectivity index (χ1) is 16.6. The van der Waals surface area contributed by atoms with E-state index in [0.29, 0.717) is 17.4 Å². The second kappa shape index (κ2) is 8.35. The van der Waals surface area contributed by atoms with Gasteiger partial charge in [-0.15, -0.1) is 0 Å². The van der Waals surface area contributed by atoms with Crippen LogP contribution in [-0.4, -0.2) is 60.7 Å². The van der Waals surface area contributed by atoms with Crippen molar-refractivity contribution in [1.82, 2.24) is 34.6 Å². The van der Waals surface area contributed by atoms with Gasteiger partial charge in [-0.05, 0) is 56.6 Å². The number of H-pyrrole nitrogens is 1. The summed E-state index contributed by atoms with van der Waals surface area (Å²) in [5.74, 6) is 0.265. The monoisotopic (exact) mass is 452 g/mol. The van der Waals surface area contributed by atoms with Gasteiger partial charge in [0.15, 0.2) is 0 Å². The lowest BCUT2D eigenvalue weighted by molar-refractivity contribution is 0.102. The van der Waals surface area contributed by atoms with Crippen LogP contribution in [0.2, 0.25) is 0 Å². The second-order valence-electron chi connectivity index (χ2n) is 8.81. The Kier molecular flexibility index (Phi) is 5.03. The molecule has 1 fully saturated rings. The summed E-state index contributed by atoms with van der Waals surface area (Å²) in [4.78, 5) is 31.7. The van der Waals surface area contributed by atoms with E-state index in [4.69, 9.17) is 0 Å². The molecule has 5 aromatic heterocycles. The van der Waals surface area contributed by atoms with Crippen LogP contribution in [0.25, 0.3) is 32.9 Å². The van der Waals surface area contributed by atoms with Gasteiger partial charge < -0.3 is 15.2 Å². The van der Waals surface area contributed by atoms with E-state index in [-0.39, 0.29) is 5.91 Å². The fraction of sp³-hybridized carbons (Fsp3) is 0.240. The van der Waals surface area contributed by atoms with E-state index in [1.807, 2.05) is 41.5 Å². The second-order valence-corrected chi connectivity index (χ2v) is 8.81. The van der Waals surface area contributed by atoms with Gasteiger partial charge in [-0.3, -0.25) is 19.4 Å². The van der Waals surface area contributed by atoms with Gasteiger partial charge in [0.2, 0.25) is 0 Å². The molecular weight excluding hydrogens is 428 g/mol. The zero-order chi connectivity index (χ0) is 23.1. The molecule has 170 valence electrons. The minimum Gasteiger partial charge on any atom is -0.360 e. The SMILES string of the molecule is CN1CCC(n2cc(C(=O)Nc3cc4cc(-c5cncc6[nH]ccc56)ncc4cn3)cn2)CC1. The van der Waals surface area contributed by atoms with Crippen LogP contribution < -0.4 is 5.32 Å². The molecular formula is C25H24N8O. The van der Waals surface area contributed by atoms with Crippen molar-refractivity contribution in [3.63, 3.8) is 0 Å². The van der Waals surface area contributed by atoms with Crippen molar-refractivity contribution in [2.75, 3.05) is 25.5 Å². The number of carbonyl (C=O) groups is 1. The highest BCUT2D eigenvalue weighted by atomic mass is 16.1. The first-order valence-corrected chi connectivity index (χ1v) is 11.4. The molecule has 34 heavy (non-hydrogen) atoms. The summed E-state index contributed by atoms with van der Waals surface area (Å²) in [6, 6.07) is 6.21. The third-order valence-electron chi connectivity index (χ3n) is 6.52. The largest absolute Gasteiger partial charge is 0.360 e. The number of anilines is 1. The van der Waals surface area contributed by atoms with Gasteiger partial charge in [-0.1, -0.05) is 0 Å². The number of nitrogens with one attached hydrogen (secondary N) is 2. The van der Waals surface area contributed by atoms with Crippen LogP contribution in [0.15, 0.2) is 61.6 Å². The summed E-state index contributed by atoms with van der Waals surface area (Å²) in [6.45, 7) is 2.08. The predicted molar refractivity (Wildman–Crippen MR) is 131 cm³/mol. The Hall–Kier alpha value is -4.11. The number of hydrogen-bond donors (Lipinski definition) is 2. The van der Waals surface area contributed by atoms with Crippen molar-refractivity contribution in [2.24, 2.45) is 0 Å². The number of fused-ring (bicyclic) bond motifs is 2. The van der Waals surface area contributed by atoms with Gasteiger partial charge in [-0.2, -0.15) is 5.10 Å². The predicted octanol–water partition coefficient (Wildman–Crippen LogP) is 3.89. The molecule has 0 saturated carbocycles. The molecule has 0 unspecified atom stereocenters. The van der Waals surface area contributed by atoms with Crippen LogP contribution >= 0.6 is 0 Å². The summed E-state index contributed by atoms with van der Waals surface area (Å²) in [7, 11) is 2.13. The molecule has 0 aromatic carbocycles. The normalized spacial score (nSPS) is 15.2. The highest BCUT2D eigenvalue weighted by Crippen LogP contribution is 2.28. The quantitative estimate of drug-likeness (QED) is 0.429. The fourth-order valence-electron chi connectivity index (χ4n) is 4.54. The highest BCUT2D eigenvalue weighted by Gasteiger charge is 2.20. The van der Waals surface area contributed by atoms with Crippen LogP contribution in [0, 0.1) is 0 Å². The Morgan fingerprint density at radius 2 is 1.91 bits per heavy atom. The number of pyridine rings is 3. The molecule has 1 amide bonds. The maximum atomic E-state index is 12.9. The number of likely N-dealkylation sites (tertiary alicyclic amines) is 1. The van der Waals surface area contributed by atoms with Crippen LogP contribution in [0.1, 0.15) is 29.2 Å². The lowest BCUT2D eigenvalue weighted by Gasteiger charge is -2.28. The number of piperidine rings is 1. The summed E-state index contributed by atoms with van der Waals surface area (Å²) in [6.07, 6.45) is 14.5. The average molecular weight is 453 g/mol. The molecule has 0 atom stereocenters. The molecule has 9 heteroatoms. The number of aromatic nitrogens is 6. The van der Waals surface area contributed by atoms with Crippen LogP contribution in [0.5, 0.6) is 0 Å². The zero-order valence-corrected chi connectivity index (χ0v) is 18.8. The Morgan fingerprint density at radius 3 is 2.79 bits per heavy atom. The van der Waals surface area contributed by atoms with Crippen LogP contribution in [0.3, 0.4) is 0 Å². The summed E-state index contributed by atoms with van der Waals surface area (Å²) >= 11 is 0. The van der Waals surface area contributed by atoms with E-state index in [0.717, 1.165) is 58.9 Å². The Bertz CT molecular complexity index is 1500. The molecule has 6 heterocycles. The molecule has 0 spiro atoms. The summed E-state index contributed by atoms with van der Waals surface area (Å²) < 4.78 is 1.92. The zero-order valence-electron chi connectivity index (χ0n) is 18.8. The number of carbonyl (C=O) groups excluding carboxylic acids is 1. The molecule has 5 aromatic rings. The van der Waals surface area contributed by atoms with Crippen molar-refractivity contribution < 1.29 is 4.79 Å². The van der Waals surface area contributed by atoms with E-state index in [1.54, 1.807) is 24.8 Å². The summed E-state index contributed by atoms with van der Waals surface area (Å²) in [5.41, 5.74) is 3.25. The van der Waals surface area contributed by atoms with Gasteiger partial charge in [0.25, 0.3) is 5.91 Å². The first-order valence-electron chi connectivity index (χ1n) is 11.4. The van der Waals surface area contributed by atoms with Gasteiger partial charge in [-0.25, -0.2) is 4.98 Å². The molecule has 1 saturated heterocycles. The standard InChI is InChI=1S/C25H24N8O/c1-32-6-3-19(4-7-32)33-15-18(12-30-33)25(34)31-24-9-16-8-22(28-10-17(16)11-29-24)21-13-26-14-23-20(21)2-5-27-23/h2,5,8-15,19,27H,3-4,6-7H2,1H3,(H,29,31,34). The Morgan fingerprint density at radius 1 is 1.06 bits per heavy atom. The lowest BCUT2D eigenvalue weighted by atomic mass is 10.1. The topological polar surface area (TPSA) is 105 Å². The fourth-order valence-corrected chi connectivity index (χ4v) is 4.54. The van der Waals surface area contributed by atoms with Crippen molar-refractivity contribution in [1.29, 1.82) is 0 Å². The van der Waals surface area contributed by atoms with Gasteiger partial charge in [0.05, 0.1) is 35.2 Å². The number of rotatable bonds is 4. The minimum atomic E-state index is -0.221. The van der Waals surface area contributed by atoms with E-state index < -0.39 is 0 Å². The highest BCUT2D eigenvalue weighted by molar-refractivity contribution is 6.04. The number of nitrogens with zero attached hydrogens (tertiary/aromatic N) is 6. The molecule has 2 N–H and O–H groups in total. The van der Waals surface area contributed by atoms with E-state index in [9.17, 15) is 4.79 Å². The third-order valence-corrected chi connectivity index (χ3v) is 6.52. The van der Waals surface area contributed by atoms with Crippen molar-refractivity contribution >= 4 is 33.4 Å². The van der Waals surface area contributed by atoms with E-state index in [1.165, 1.54) is 0 Å². The van der Waals surface area contributed by atoms with Gasteiger partial charge in [0.1, 0.15) is 5.82 Å². The van der Waals surface area contributed by atoms with Gasteiger partial charge in [0, 0.05) is 47.3 Å². The van der Waals surface area contributed by atoms with Crippen molar-refractivity contribution in [2.45, 2.75) is 18.9 Å². The molecule has 0 bridgehead atoms. The van der Waals surface area contributed by atoms with Crippen LogP contribution in [0.4, 0.5) is 5.82 Å². The first kappa shape index (κ1) is 20.5. The van der Waals surface area contributed by atoms with E-state index in [2.05, 4.69) is 42.3 Å². The average Bonchev–Trinajstić information content (AvgIpc) is 3.54. The third kappa shape index (κ3) is 3.80. The smallest absolute Gasteiger partial charge is 0.260 e. The number of aromatic amines is 1. The Balaban J connectivity index is 1.24.